The van der Waals surface area contributed by atoms with Crippen LogP contribution in [0.2, 0.25) is 0 Å². The van der Waals surface area contributed by atoms with Crippen LogP contribution in [0.3, 0.4) is 0 Å². The van der Waals surface area contributed by atoms with E-state index in [1.807, 2.05) is 97.1 Å². The van der Waals surface area contributed by atoms with Gasteiger partial charge in [-0.05, 0) is 28.8 Å². The van der Waals surface area contributed by atoms with Crippen LogP contribution in [-0.4, -0.2) is 62.7 Å². The van der Waals surface area contributed by atoms with Crippen LogP contribution in [0, 0.1) is 0 Å². The van der Waals surface area contributed by atoms with E-state index < -0.39 is 29.6 Å². The Morgan fingerprint density at radius 2 is 1.37 bits per heavy atom. The van der Waals surface area contributed by atoms with Crippen molar-refractivity contribution in [3.05, 3.63) is 156 Å². The highest BCUT2D eigenvalue weighted by Crippen LogP contribution is 2.54. The van der Waals surface area contributed by atoms with Gasteiger partial charge in [0.25, 0.3) is 5.91 Å². The van der Waals surface area contributed by atoms with Crippen molar-refractivity contribution >= 4 is 22.9 Å². The Morgan fingerprint density at radius 3 is 1.90 bits per heavy atom. The Morgan fingerprint density at radius 1 is 0.816 bits per heavy atom. The summed E-state index contributed by atoms with van der Waals surface area (Å²) in [5.41, 5.74) is 2.50. The zero-order valence-corrected chi connectivity index (χ0v) is 26.9. The fraction of sp³-hybridized carbons (Fsp3) is 0.211. The standard InChI is InChI=1S/C38H35N5O6/c1-46-38(49-47-2,37(27-17-9-4-10-18-27,28-19-11-5-12-20-28)29-21-13-6-14-22-29)33-30(44)23-31(48-33)43-25-41-32-34(39-24-40-35(32)43)42-36(45)26-15-7-3-8-16-26/h3-22,24-25,30-31,33,44H,23H2,1-2H3,(H,39,40,42,45)/t30-,31+,33-,38?/m0/s1. The molecule has 0 aliphatic carbocycles. The number of ether oxygens (including phenoxy) is 2. The number of hydrogen-bond donors (Lipinski definition) is 2. The average Bonchev–Trinajstić information content (AvgIpc) is 3.77. The minimum atomic E-state index is -1.79. The largest absolute Gasteiger partial charge is 0.390 e. The molecule has 2 aromatic heterocycles. The van der Waals surface area contributed by atoms with E-state index in [1.54, 1.807) is 35.2 Å². The maximum absolute atomic E-state index is 13.0. The molecule has 248 valence electrons. The first kappa shape index (κ1) is 32.3. The normalized spacial score (nSPS) is 19.0. The minimum absolute atomic E-state index is 0.137. The van der Waals surface area contributed by atoms with Crippen LogP contribution in [0.5, 0.6) is 0 Å². The van der Waals surface area contributed by atoms with Gasteiger partial charge in [0.15, 0.2) is 17.0 Å². The van der Waals surface area contributed by atoms with E-state index in [-0.39, 0.29) is 18.1 Å². The summed E-state index contributed by atoms with van der Waals surface area (Å²) < 4.78 is 15.0. The third-order valence-corrected chi connectivity index (χ3v) is 9.06. The highest BCUT2D eigenvalue weighted by Gasteiger charge is 2.66. The van der Waals surface area contributed by atoms with Crippen LogP contribution < -0.4 is 5.32 Å². The van der Waals surface area contributed by atoms with Gasteiger partial charge in [-0.3, -0.25) is 9.36 Å². The summed E-state index contributed by atoms with van der Waals surface area (Å²) in [6.45, 7) is 0. The summed E-state index contributed by atoms with van der Waals surface area (Å²) >= 11 is 0. The molecule has 4 atom stereocenters. The number of anilines is 1. The number of imidazole rings is 1. The summed E-state index contributed by atoms with van der Waals surface area (Å²) in [4.78, 5) is 38.1. The number of hydrogen-bond acceptors (Lipinski definition) is 9. The predicted octanol–water partition coefficient (Wildman–Crippen LogP) is 5.68. The molecule has 1 fully saturated rings. The molecule has 0 spiro atoms. The van der Waals surface area contributed by atoms with Gasteiger partial charge < -0.3 is 19.9 Å². The van der Waals surface area contributed by atoms with Crippen LogP contribution in [0.25, 0.3) is 11.2 Å². The first-order chi connectivity index (χ1) is 24.0. The lowest BCUT2D eigenvalue weighted by Gasteiger charge is -2.51. The monoisotopic (exact) mass is 657 g/mol. The minimum Gasteiger partial charge on any atom is -0.390 e. The number of aromatic nitrogens is 4. The molecule has 7 rings (SSSR count). The number of benzene rings is 4. The molecule has 49 heavy (non-hydrogen) atoms. The summed E-state index contributed by atoms with van der Waals surface area (Å²) in [5.74, 6) is -1.87. The van der Waals surface area contributed by atoms with Crippen molar-refractivity contribution in [3.63, 3.8) is 0 Å². The maximum atomic E-state index is 13.0. The molecule has 0 bridgehead atoms. The molecule has 1 aliphatic heterocycles. The Hall–Kier alpha value is -5.30. The second kappa shape index (κ2) is 13.7. The van der Waals surface area contributed by atoms with Crippen molar-refractivity contribution in [1.29, 1.82) is 0 Å². The topological polar surface area (TPSA) is 130 Å². The zero-order chi connectivity index (χ0) is 33.8. The number of nitrogens with zero attached hydrogens (tertiary/aromatic N) is 4. The number of fused-ring (bicyclic) bond motifs is 1. The third-order valence-electron chi connectivity index (χ3n) is 9.06. The average molecular weight is 658 g/mol. The van der Waals surface area contributed by atoms with Crippen LogP contribution in [-0.2, 0) is 24.7 Å². The van der Waals surface area contributed by atoms with Crippen LogP contribution in [0.1, 0.15) is 39.7 Å². The van der Waals surface area contributed by atoms with E-state index in [9.17, 15) is 9.90 Å². The molecule has 11 heteroatoms. The third kappa shape index (κ3) is 5.47. The quantitative estimate of drug-likeness (QED) is 0.0782. The number of aliphatic hydroxyl groups excluding tert-OH is 1. The van der Waals surface area contributed by atoms with Gasteiger partial charge >= 0.3 is 0 Å². The molecule has 1 aliphatic rings. The molecule has 3 heterocycles. The van der Waals surface area contributed by atoms with Crippen molar-refractivity contribution in [2.75, 3.05) is 19.5 Å². The molecule has 0 radical (unpaired) electrons. The van der Waals surface area contributed by atoms with E-state index >= 15 is 0 Å². The van der Waals surface area contributed by atoms with Crippen molar-refractivity contribution < 1.29 is 29.1 Å². The lowest BCUT2D eigenvalue weighted by Crippen LogP contribution is -2.65. The highest BCUT2D eigenvalue weighted by atomic mass is 17.2. The lowest BCUT2D eigenvalue weighted by molar-refractivity contribution is -0.452. The molecular weight excluding hydrogens is 622 g/mol. The van der Waals surface area contributed by atoms with Gasteiger partial charge in [0.1, 0.15) is 24.1 Å². The predicted molar refractivity (Wildman–Crippen MR) is 181 cm³/mol. The highest BCUT2D eigenvalue weighted by molar-refractivity contribution is 6.06. The molecule has 1 saturated heterocycles. The van der Waals surface area contributed by atoms with E-state index in [1.165, 1.54) is 20.5 Å². The summed E-state index contributed by atoms with van der Waals surface area (Å²) in [6, 6.07) is 38.3. The van der Waals surface area contributed by atoms with E-state index in [4.69, 9.17) is 19.2 Å². The first-order valence-corrected chi connectivity index (χ1v) is 15.8. The molecule has 6 aromatic rings. The Kier molecular flexibility index (Phi) is 9.00. The van der Waals surface area contributed by atoms with Crippen LogP contribution >= 0.6 is 0 Å². The summed E-state index contributed by atoms with van der Waals surface area (Å²) in [7, 11) is 2.93. The summed E-state index contributed by atoms with van der Waals surface area (Å²) in [5, 5.41) is 14.8. The van der Waals surface area contributed by atoms with Crippen molar-refractivity contribution in [1.82, 2.24) is 19.5 Å². The maximum Gasteiger partial charge on any atom is 0.256 e. The second-order valence-corrected chi connectivity index (χ2v) is 11.7. The molecule has 4 aromatic carbocycles. The number of rotatable bonds is 11. The van der Waals surface area contributed by atoms with Gasteiger partial charge in [0.05, 0.1) is 19.5 Å². The summed E-state index contributed by atoms with van der Waals surface area (Å²) in [6.07, 6.45) is 0.0718. The van der Waals surface area contributed by atoms with Gasteiger partial charge in [0.2, 0.25) is 5.79 Å². The fourth-order valence-corrected chi connectivity index (χ4v) is 7.01. The van der Waals surface area contributed by atoms with E-state index in [0.29, 0.717) is 16.7 Å². The van der Waals surface area contributed by atoms with Crippen molar-refractivity contribution in [2.24, 2.45) is 0 Å². The second-order valence-electron chi connectivity index (χ2n) is 11.7. The van der Waals surface area contributed by atoms with E-state index in [2.05, 4.69) is 20.3 Å². The van der Waals surface area contributed by atoms with Crippen LogP contribution in [0.15, 0.2) is 134 Å². The Balaban J connectivity index is 1.34. The van der Waals surface area contributed by atoms with Crippen LogP contribution in [0.4, 0.5) is 5.82 Å². The smallest absolute Gasteiger partial charge is 0.256 e. The number of carbonyl (C=O) groups excluding carboxylic acids is 1. The molecule has 2 N–H and O–H groups in total. The lowest BCUT2D eigenvalue weighted by atomic mass is 9.61. The van der Waals surface area contributed by atoms with Gasteiger partial charge in [0, 0.05) is 19.1 Å². The number of carbonyl (C=O) groups is 1. The Bertz CT molecular complexity index is 1920. The van der Waals surface area contributed by atoms with Gasteiger partial charge in [-0.1, -0.05) is 109 Å². The Labute approximate surface area is 283 Å². The van der Waals surface area contributed by atoms with Crippen molar-refractivity contribution in [3.8, 4) is 0 Å². The number of nitrogens with one attached hydrogen (secondary N) is 1. The van der Waals surface area contributed by atoms with E-state index in [0.717, 1.165) is 16.7 Å². The molecule has 0 saturated carbocycles. The van der Waals surface area contributed by atoms with Crippen molar-refractivity contribution in [2.45, 2.75) is 36.1 Å². The number of aliphatic hydroxyl groups is 1. The van der Waals surface area contributed by atoms with Gasteiger partial charge in [-0.15, -0.1) is 0 Å². The molecular formula is C38H35N5O6. The SMILES string of the molecule is COOC(OC)([C@H]1O[C@@H](n2cnc3c(NC(=O)c4ccccc4)ncnc32)C[C@@H]1O)C(c1ccccc1)(c1ccccc1)c1ccccc1. The molecule has 1 amide bonds. The number of amides is 1. The molecule has 1 unspecified atom stereocenters. The van der Waals surface area contributed by atoms with Gasteiger partial charge in [-0.2, -0.15) is 4.89 Å². The zero-order valence-electron chi connectivity index (χ0n) is 26.9. The molecule has 11 nitrogen and oxygen atoms in total. The number of methoxy groups -OCH3 is 1. The first-order valence-electron chi connectivity index (χ1n) is 15.8. The fourth-order valence-electron chi connectivity index (χ4n) is 7.01. The van der Waals surface area contributed by atoms with Gasteiger partial charge in [-0.25, -0.2) is 19.8 Å².